The zero-order valence-corrected chi connectivity index (χ0v) is 14.1. The van der Waals surface area contributed by atoms with E-state index in [0.717, 1.165) is 10.5 Å². The zero-order valence-electron chi connectivity index (χ0n) is 13.3. The Balaban J connectivity index is 1.64. The highest BCUT2D eigenvalue weighted by molar-refractivity contribution is 8.00. The van der Waals surface area contributed by atoms with Gasteiger partial charge in [-0.3, -0.25) is 19.7 Å². The lowest BCUT2D eigenvalue weighted by Gasteiger charge is -2.08. The molecule has 5 nitrogen and oxygen atoms in total. The summed E-state index contributed by atoms with van der Waals surface area (Å²) in [6.45, 7) is 4.05. The van der Waals surface area contributed by atoms with E-state index >= 15 is 0 Å². The molecule has 0 saturated carbocycles. The number of benzene rings is 2. The molecule has 0 fully saturated rings. The summed E-state index contributed by atoms with van der Waals surface area (Å²) in [5, 5.41) is 4.98. The summed E-state index contributed by atoms with van der Waals surface area (Å²) in [5.74, 6) is -0.731. The number of hydrogen-bond donors (Lipinski definition) is 2. The van der Waals surface area contributed by atoms with Crippen LogP contribution in [0.1, 0.15) is 31.8 Å². The van der Waals surface area contributed by atoms with E-state index in [0.29, 0.717) is 16.8 Å². The van der Waals surface area contributed by atoms with Gasteiger partial charge in [0.25, 0.3) is 11.8 Å². The Labute approximate surface area is 143 Å². The van der Waals surface area contributed by atoms with Crippen molar-refractivity contribution in [2.45, 2.75) is 18.7 Å². The summed E-state index contributed by atoms with van der Waals surface area (Å²) in [7, 11) is 0. The van der Waals surface area contributed by atoms with Gasteiger partial charge in [-0.05, 0) is 43.7 Å². The number of fused-ring (bicyclic) bond motifs is 1. The molecule has 6 heteroatoms. The number of carbonyl (C=O) groups excluding carboxylic acids is 3. The molecule has 2 aromatic rings. The van der Waals surface area contributed by atoms with Crippen molar-refractivity contribution in [3.8, 4) is 0 Å². The summed E-state index contributed by atoms with van der Waals surface area (Å²) < 4.78 is 0. The van der Waals surface area contributed by atoms with Gasteiger partial charge in [-0.25, -0.2) is 0 Å². The van der Waals surface area contributed by atoms with Gasteiger partial charge in [0.05, 0.1) is 16.9 Å². The van der Waals surface area contributed by atoms with Crippen molar-refractivity contribution in [2.24, 2.45) is 0 Å². The highest BCUT2D eigenvalue weighted by Gasteiger charge is 2.26. The number of hydrogen-bond acceptors (Lipinski definition) is 4. The number of carbonyl (C=O) groups is 3. The van der Waals surface area contributed by atoms with E-state index in [2.05, 4.69) is 16.7 Å². The van der Waals surface area contributed by atoms with Crippen molar-refractivity contribution in [3.63, 3.8) is 0 Å². The van der Waals surface area contributed by atoms with Gasteiger partial charge in [0.15, 0.2) is 0 Å². The van der Waals surface area contributed by atoms with Gasteiger partial charge in [-0.2, -0.15) is 0 Å². The maximum atomic E-state index is 12.1. The van der Waals surface area contributed by atoms with Crippen LogP contribution in [0.5, 0.6) is 0 Å². The first kappa shape index (κ1) is 16.3. The minimum absolute atomic E-state index is 0.162. The molecule has 1 aliphatic heterocycles. The highest BCUT2D eigenvalue weighted by atomic mass is 32.2. The Hall–Kier alpha value is -2.60. The summed E-state index contributed by atoms with van der Waals surface area (Å²) in [6.07, 6.45) is 0. The molecule has 0 atom stereocenters. The minimum Gasteiger partial charge on any atom is -0.325 e. The molecule has 0 spiro atoms. The molecule has 1 aliphatic rings. The molecule has 3 amide bonds. The van der Waals surface area contributed by atoms with Crippen LogP contribution in [0.3, 0.4) is 0 Å². The van der Waals surface area contributed by atoms with Crippen molar-refractivity contribution in [2.75, 3.05) is 11.1 Å². The smallest absolute Gasteiger partial charge is 0.259 e. The maximum Gasteiger partial charge on any atom is 0.259 e. The lowest BCUT2D eigenvalue weighted by Crippen LogP contribution is -2.19. The van der Waals surface area contributed by atoms with Gasteiger partial charge in [0.1, 0.15) is 0 Å². The fraction of sp³-hybridized carbons (Fsp3) is 0.167. The molecule has 2 N–H and O–H groups in total. The number of thioether (sulfide) groups is 1. The van der Waals surface area contributed by atoms with Crippen LogP contribution in [0.15, 0.2) is 41.3 Å². The van der Waals surface area contributed by atoms with Crippen LogP contribution in [0, 0.1) is 13.8 Å². The third-order valence-electron chi connectivity index (χ3n) is 3.71. The van der Waals surface area contributed by atoms with Crippen LogP contribution in [-0.4, -0.2) is 23.5 Å². The number of nitrogens with one attached hydrogen (secondary N) is 2. The molecule has 3 rings (SSSR count). The second kappa shape index (κ2) is 6.49. The van der Waals surface area contributed by atoms with E-state index in [4.69, 9.17) is 0 Å². The van der Waals surface area contributed by atoms with Crippen molar-refractivity contribution in [1.82, 2.24) is 5.32 Å². The van der Waals surface area contributed by atoms with Crippen LogP contribution in [0.2, 0.25) is 0 Å². The van der Waals surface area contributed by atoms with Crippen molar-refractivity contribution in [1.29, 1.82) is 0 Å². The van der Waals surface area contributed by atoms with Gasteiger partial charge in [-0.15, -0.1) is 11.8 Å². The molecule has 24 heavy (non-hydrogen) atoms. The Kier molecular flexibility index (Phi) is 4.40. The number of imide groups is 1. The van der Waals surface area contributed by atoms with E-state index in [-0.39, 0.29) is 11.7 Å². The van der Waals surface area contributed by atoms with Crippen LogP contribution in [0.25, 0.3) is 0 Å². The molecule has 0 saturated heterocycles. The van der Waals surface area contributed by atoms with Gasteiger partial charge in [0, 0.05) is 10.6 Å². The first-order valence-electron chi connectivity index (χ1n) is 7.43. The zero-order chi connectivity index (χ0) is 17.3. The fourth-order valence-corrected chi connectivity index (χ4v) is 3.36. The summed E-state index contributed by atoms with van der Waals surface area (Å²) in [5.41, 5.74) is 3.46. The van der Waals surface area contributed by atoms with Crippen LogP contribution >= 0.6 is 11.8 Å². The normalized spacial score (nSPS) is 12.8. The SMILES string of the molecule is Cc1ccc(SCC(=O)Nc2ccc3c(c2)C(=O)NC3=O)c(C)c1. The monoisotopic (exact) mass is 340 g/mol. The second-order valence-electron chi connectivity index (χ2n) is 5.65. The molecule has 2 aromatic carbocycles. The number of rotatable bonds is 4. The van der Waals surface area contributed by atoms with Crippen molar-refractivity contribution in [3.05, 3.63) is 58.7 Å². The van der Waals surface area contributed by atoms with Crippen LogP contribution < -0.4 is 10.6 Å². The third kappa shape index (κ3) is 3.33. The standard InChI is InChI=1S/C18H16N2O3S/c1-10-3-6-15(11(2)7-10)24-9-16(21)19-12-4-5-13-14(8-12)18(23)20-17(13)22/h3-8H,9H2,1-2H3,(H,19,21)(H,20,22,23). The Morgan fingerprint density at radius 1 is 1.04 bits per heavy atom. The number of amides is 3. The van der Waals surface area contributed by atoms with Crippen LogP contribution in [0.4, 0.5) is 5.69 Å². The minimum atomic E-state index is -0.434. The summed E-state index contributed by atoms with van der Waals surface area (Å²) in [6, 6.07) is 10.8. The molecule has 122 valence electrons. The molecule has 0 radical (unpaired) electrons. The van der Waals surface area contributed by atoms with E-state index in [1.807, 2.05) is 26.0 Å². The predicted octanol–water partition coefficient (Wildman–Crippen LogP) is 2.92. The molecule has 0 aliphatic carbocycles. The number of anilines is 1. The quantitative estimate of drug-likeness (QED) is 0.663. The van der Waals surface area contributed by atoms with E-state index in [1.54, 1.807) is 12.1 Å². The van der Waals surface area contributed by atoms with Gasteiger partial charge in [-0.1, -0.05) is 17.7 Å². The summed E-state index contributed by atoms with van der Waals surface area (Å²) in [4.78, 5) is 36.3. The molecule has 0 aromatic heterocycles. The largest absolute Gasteiger partial charge is 0.325 e. The first-order chi connectivity index (χ1) is 11.4. The fourth-order valence-electron chi connectivity index (χ4n) is 2.55. The average Bonchev–Trinajstić information content (AvgIpc) is 2.81. The maximum absolute atomic E-state index is 12.1. The predicted molar refractivity (Wildman–Crippen MR) is 93.5 cm³/mol. The molecule has 0 bridgehead atoms. The molecular formula is C18H16N2O3S. The van der Waals surface area contributed by atoms with Crippen molar-refractivity contribution >= 4 is 35.2 Å². The third-order valence-corrected chi connectivity index (χ3v) is 4.88. The topological polar surface area (TPSA) is 75.3 Å². The van der Waals surface area contributed by atoms with Gasteiger partial charge in [0.2, 0.25) is 5.91 Å². The summed E-state index contributed by atoms with van der Waals surface area (Å²) >= 11 is 1.46. The second-order valence-corrected chi connectivity index (χ2v) is 6.67. The molecular weight excluding hydrogens is 324 g/mol. The van der Waals surface area contributed by atoms with Gasteiger partial charge < -0.3 is 5.32 Å². The lowest BCUT2D eigenvalue weighted by molar-refractivity contribution is -0.113. The van der Waals surface area contributed by atoms with Gasteiger partial charge >= 0.3 is 0 Å². The Morgan fingerprint density at radius 2 is 1.79 bits per heavy atom. The average molecular weight is 340 g/mol. The molecule has 1 heterocycles. The molecule has 0 unspecified atom stereocenters. The number of aryl methyl sites for hydroxylation is 2. The lowest BCUT2D eigenvalue weighted by atomic mass is 10.1. The Morgan fingerprint density at radius 3 is 2.54 bits per heavy atom. The van der Waals surface area contributed by atoms with E-state index in [1.165, 1.54) is 23.4 Å². The highest BCUT2D eigenvalue weighted by Crippen LogP contribution is 2.24. The first-order valence-corrected chi connectivity index (χ1v) is 8.42. The Bertz CT molecular complexity index is 861. The van der Waals surface area contributed by atoms with E-state index < -0.39 is 11.8 Å². The van der Waals surface area contributed by atoms with E-state index in [9.17, 15) is 14.4 Å². The van der Waals surface area contributed by atoms with Crippen molar-refractivity contribution < 1.29 is 14.4 Å². The van der Waals surface area contributed by atoms with Crippen LogP contribution in [-0.2, 0) is 4.79 Å².